The van der Waals surface area contributed by atoms with Crippen molar-refractivity contribution in [3.8, 4) is 5.75 Å². The predicted octanol–water partition coefficient (Wildman–Crippen LogP) is 3.25. The fraction of sp³-hybridized carbons (Fsp3) is 0.167. The average Bonchev–Trinajstić information content (AvgIpc) is 2.88. The van der Waals surface area contributed by atoms with Crippen molar-refractivity contribution in [2.75, 3.05) is 0 Å². The maximum atomic E-state index is 10.5. The number of halogens is 1. The van der Waals surface area contributed by atoms with Crippen LogP contribution in [-0.4, -0.2) is 16.2 Å². The minimum atomic E-state index is -1.06. The number of hydrogen-bond donors (Lipinski definition) is 2. The van der Waals surface area contributed by atoms with E-state index in [9.17, 15) is 4.79 Å². The largest absolute Gasteiger partial charge is 0.488 e. The molecule has 2 N–H and O–H groups in total. The second-order valence-electron chi connectivity index (χ2n) is 3.67. The van der Waals surface area contributed by atoms with E-state index in [2.05, 4.69) is 26.2 Å². The molecule has 2 aromatic rings. The van der Waals surface area contributed by atoms with E-state index in [0.29, 0.717) is 12.4 Å². The molecule has 0 radical (unpaired) electrons. The predicted molar refractivity (Wildman–Crippen MR) is 75.5 cm³/mol. The molecule has 5 nitrogen and oxygen atoms in total. The Hall–Kier alpha value is -1.60. The lowest BCUT2D eigenvalue weighted by molar-refractivity contribution is 0.193. The molecule has 0 aliphatic rings. The van der Waals surface area contributed by atoms with Crippen LogP contribution in [0.15, 0.2) is 34.4 Å². The topological polar surface area (TPSA) is 71.5 Å². The first-order valence-electron chi connectivity index (χ1n) is 5.40. The van der Waals surface area contributed by atoms with E-state index in [1.165, 1.54) is 11.3 Å². The summed E-state index contributed by atoms with van der Waals surface area (Å²) in [4.78, 5) is 15.5. The lowest BCUT2D eigenvalue weighted by Crippen LogP contribution is -2.20. The van der Waals surface area contributed by atoms with Gasteiger partial charge in [-0.15, -0.1) is 11.3 Å². The number of amides is 1. The summed E-state index contributed by atoms with van der Waals surface area (Å²) in [5.74, 6) is 0.658. The standard InChI is InChI=1S/C12H11BrN2O3S/c13-9-1-2-11(8(3-9)4-15-12(16)17)18-6-10-5-14-7-19-10/h1-3,5,7,15H,4,6H2,(H,16,17). The number of benzene rings is 1. The van der Waals surface area contributed by atoms with Gasteiger partial charge in [0, 0.05) is 22.8 Å². The maximum absolute atomic E-state index is 10.5. The Morgan fingerprint density at radius 3 is 3.05 bits per heavy atom. The third kappa shape index (κ3) is 4.22. The third-order valence-electron chi connectivity index (χ3n) is 2.31. The van der Waals surface area contributed by atoms with Crippen LogP contribution in [0.2, 0.25) is 0 Å². The minimum absolute atomic E-state index is 0.201. The monoisotopic (exact) mass is 342 g/mol. The van der Waals surface area contributed by atoms with E-state index >= 15 is 0 Å². The van der Waals surface area contributed by atoms with Crippen LogP contribution in [0.4, 0.5) is 4.79 Å². The number of hydrogen-bond acceptors (Lipinski definition) is 4. The molecule has 1 aromatic heterocycles. The Balaban J connectivity index is 2.07. The summed E-state index contributed by atoms with van der Waals surface area (Å²) >= 11 is 4.87. The van der Waals surface area contributed by atoms with Crippen molar-refractivity contribution in [2.24, 2.45) is 0 Å². The van der Waals surface area contributed by atoms with E-state index < -0.39 is 6.09 Å². The molecule has 0 spiro atoms. The van der Waals surface area contributed by atoms with Crippen molar-refractivity contribution in [3.05, 3.63) is 44.8 Å². The molecular weight excluding hydrogens is 332 g/mol. The van der Waals surface area contributed by atoms with E-state index in [0.717, 1.165) is 14.9 Å². The van der Waals surface area contributed by atoms with Crippen LogP contribution < -0.4 is 10.1 Å². The van der Waals surface area contributed by atoms with Crippen molar-refractivity contribution in [1.29, 1.82) is 0 Å². The van der Waals surface area contributed by atoms with Crippen molar-refractivity contribution in [3.63, 3.8) is 0 Å². The highest BCUT2D eigenvalue weighted by Gasteiger charge is 2.07. The van der Waals surface area contributed by atoms with Gasteiger partial charge in [-0.05, 0) is 18.2 Å². The zero-order valence-corrected chi connectivity index (χ0v) is 12.2. The number of carbonyl (C=O) groups is 1. The van der Waals surface area contributed by atoms with Crippen LogP contribution in [0, 0.1) is 0 Å². The van der Waals surface area contributed by atoms with E-state index in [4.69, 9.17) is 9.84 Å². The second kappa shape index (κ2) is 6.53. The number of thiazole rings is 1. The minimum Gasteiger partial charge on any atom is -0.488 e. The quantitative estimate of drug-likeness (QED) is 0.874. The number of nitrogens with zero attached hydrogens (tertiary/aromatic N) is 1. The van der Waals surface area contributed by atoms with Gasteiger partial charge in [0.15, 0.2) is 0 Å². The van der Waals surface area contributed by atoms with Crippen LogP contribution in [-0.2, 0) is 13.2 Å². The summed E-state index contributed by atoms with van der Waals surface area (Å²) in [6, 6.07) is 5.49. The molecule has 1 amide bonds. The van der Waals surface area contributed by atoms with Gasteiger partial charge in [-0.2, -0.15) is 0 Å². The lowest BCUT2D eigenvalue weighted by atomic mass is 10.2. The summed E-state index contributed by atoms with van der Waals surface area (Å²) in [5, 5.41) is 11.0. The summed E-state index contributed by atoms with van der Waals surface area (Å²) in [5.41, 5.74) is 2.52. The van der Waals surface area contributed by atoms with Gasteiger partial charge >= 0.3 is 6.09 Å². The van der Waals surface area contributed by atoms with Crippen molar-refractivity contribution >= 4 is 33.4 Å². The van der Waals surface area contributed by atoms with Gasteiger partial charge in [-0.1, -0.05) is 15.9 Å². The molecule has 19 heavy (non-hydrogen) atoms. The van der Waals surface area contributed by atoms with Crippen molar-refractivity contribution < 1.29 is 14.6 Å². The third-order valence-corrected chi connectivity index (χ3v) is 3.55. The smallest absolute Gasteiger partial charge is 0.404 e. The Morgan fingerprint density at radius 2 is 2.37 bits per heavy atom. The zero-order chi connectivity index (χ0) is 13.7. The fourth-order valence-corrected chi connectivity index (χ4v) is 2.37. The number of rotatable bonds is 5. The van der Waals surface area contributed by atoms with Crippen molar-refractivity contribution in [2.45, 2.75) is 13.2 Å². The summed E-state index contributed by atoms with van der Waals surface area (Å²) in [6.07, 6.45) is 0.687. The first-order chi connectivity index (χ1) is 9.15. The van der Waals surface area contributed by atoms with E-state index in [1.807, 2.05) is 18.2 Å². The molecule has 0 fully saturated rings. The van der Waals surface area contributed by atoms with Gasteiger partial charge in [0.25, 0.3) is 0 Å². The zero-order valence-electron chi connectivity index (χ0n) is 9.80. The van der Waals surface area contributed by atoms with Gasteiger partial charge in [-0.25, -0.2) is 4.79 Å². The molecule has 1 aromatic carbocycles. The Bertz CT molecular complexity index is 560. The number of carboxylic acid groups (broad SMARTS) is 1. The lowest BCUT2D eigenvalue weighted by Gasteiger charge is -2.11. The summed E-state index contributed by atoms with van der Waals surface area (Å²) < 4.78 is 6.56. The number of ether oxygens (including phenoxy) is 1. The van der Waals surface area contributed by atoms with Crippen LogP contribution in [0.3, 0.4) is 0 Å². The van der Waals surface area contributed by atoms with Gasteiger partial charge in [0.2, 0.25) is 0 Å². The Kier molecular flexibility index (Phi) is 4.75. The Morgan fingerprint density at radius 1 is 1.53 bits per heavy atom. The molecule has 100 valence electrons. The highest BCUT2D eigenvalue weighted by Crippen LogP contribution is 2.24. The molecule has 0 aliphatic heterocycles. The molecule has 0 unspecified atom stereocenters. The summed E-state index contributed by atoms with van der Waals surface area (Å²) in [6.45, 7) is 0.624. The van der Waals surface area contributed by atoms with Crippen LogP contribution in [0.25, 0.3) is 0 Å². The van der Waals surface area contributed by atoms with Gasteiger partial charge in [0.1, 0.15) is 12.4 Å². The maximum Gasteiger partial charge on any atom is 0.404 e. The summed E-state index contributed by atoms with van der Waals surface area (Å²) in [7, 11) is 0. The van der Waals surface area contributed by atoms with Crippen LogP contribution in [0.1, 0.15) is 10.4 Å². The number of aromatic nitrogens is 1. The highest BCUT2D eigenvalue weighted by molar-refractivity contribution is 9.10. The molecule has 1 heterocycles. The average molecular weight is 343 g/mol. The molecule has 0 saturated heterocycles. The molecule has 0 saturated carbocycles. The van der Waals surface area contributed by atoms with Crippen LogP contribution in [0.5, 0.6) is 5.75 Å². The molecule has 7 heteroatoms. The van der Waals surface area contributed by atoms with E-state index in [-0.39, 0.29) is 6.54 Å². The number of nitrogens with one attached hydrogen (secondary N) is 1. The van der Waals surface area contributed by atoms with Gasteiger partial charge in [0.05, 0.1) is 10.4 Å². The highest BCUT2D eigenvalue weighted by atomic mass is 79.9. The molecule has 2 rings (SSSR count). The van der Waals surface area contributed by atoms with Gasteiger partial charge < -0.3 is 15.2 Å². The van der Waals surface area contributed by atoms with E-state index in [1.54, 1.807) is 11.7 Å². The fourth-order valence-electron chi connectivity index (χ4n) is 1.46. The van der Waals surface area contributed by atoms with Crippen LogP contribution >= 0.6 is 27.3 Å². The molecular formula is C12H11BrN2O3S. The molecule has 0 atom stereocenters. The SMILES string of the molecule is O=C(O)NCc1cc(Br)ccc1OCc1cncs1. The van der Waals surface area contributed by atoms with Gasteiger partial charge in [-0.3, -0.25) is 4.98 Å². The first kappa shape index (κ1) is 13.8. The first-order valence-corrected chi connectivity index (χ1v) is 7.08. The normalized spacial score (nSPS) is 10.2. The second-order valence-corrected chi connectivity index (χ2v) is 5.55. The molecule has 0 bridgehead atoms. The van der Waals surface area contributed by atoms with Crippen molar-refractivity contribution in [1.82, 2.24) is 10.3 Å². The molecule has 0 aliphatic carbocycles. The Labute approximate surface area is 122 Å².